The van der Waals surface area contributed by atoms with E-state index in [4.69, 9.17) is 4.74 Å². The van der Waals surface area contributed by atoms with Crippen molar-refractivity contribution in [1.29, 1.82) is 0 Å². The van der Waals surface area contributed by atoms with Gasteiger partial charge in [-0.15, -0.1) is 0 Å². The van der Waals surface area contributed by atoms with Gasteiger partial charge in [0.1, 0.15) is 5.92 Å². The van der Waals surface area contributed by atoms with Gasteiger partial charge in [-0.05, 0) is 26.2 Å². The van der Waals surface area contributed by atoms with Gasteiger partial charge in [-0.25, -0.2) is 0 Å². The van der Waals surface area contributed by atoms with Crippen LogP contribution in [-0.4, -0.2) is 42.3 Å². The molecule has 106 valence electrons. The smallest absolute Gasteiger partial charge is 0.316 e. The van der Waals surface area contributed by atoms with Gasteiger partial charge >= 0.3 is 5.97 Å². The van der Waals surface area contributed by atoms with Crippen molar-refractivity contribution in [1.82, 2.24) is 4.90 Å². The average Bonchev–Trinajstić information content (AvgIpc) is 2.91. The Morgan fingerprint density at radius 1 is 1.26 bits per heavy atom. The van der Waals surface area contributed by atoms with Crippen molar-refractivity contribution in [3.05, 3.63) is 0 Å². The Balaban J connectivity index is 1.90. The Morgan fingerprint density at radius 2 is 1.95 bits per heavy atom. The summed E-state index contributed by atoms with van der Waals surface area (Å²) in [6, 6.07) is 0. The number of nitrogens with zero attached hydrogens (tertiary/aromatic N) is 1. The number of amides is 1. The van der Waals surface area contributed by atoms with Crippen molar-refractivity contribution in [2.75, 3.05) is 19.7 Å². The molecular weight excluding hydrogens is 246 g/mol. The van der Waals surface area contributed by atoms with Crippen LogP contribution in [0, 0.1) is 11.8 Å². The van der Waals surface area contributed by atoms with Crippen molar-refractivity contribution in [2.45, 2.75) is 39.0 Å². The second-order valence-electron chi connectivity index (χ2n) is 5.30. The largest absolute Gasteiger partial charge is 0.465 e. The molecule has 1 saturated heterocycles. The number of carbonyl (C=O) groups is 3. The molecule has 1 aliphatic carbocycles. The van der Waals surface area contributed by atoms with Crippen LogP contribution in [0.3, 0.4) is 0 Å². The van der Waals surface area contributed by atoms with Gasteiger partial charge in [0.2, 0.25) is 5.91 Å². The molecule has 1 heterocycles. The predicted octanol–water partition coefficient (Wildman–Crippen LogP) is 1.16. The minimum Gasteiger partial charge on any atom is -0.465 e. The molecule has 2 fully saturated rings. The SMILES string of the molecule is CCOC(=O)C1CCN(C(=O)C2CCCC2)CC1=O. The van der Waals surface area contributed by atoms with Gasteiger partial charge in [-0.2, -0.15) is 0 Å². The molecule has 0 aromatic rings. The summed E-state index contributed by atoms with van der Waals surface area (Å²) >= 11 is 0. The van der Waals surface area contributed by atoms with Crippen molar-refractivity contribution in [3.8, 4) is 0 Å². The second kappa shape index (κ2) is 6.17. The highest BCUT2D eigenvalue weighted by Crippen LogP contribution is 2.28. The monoisotopic (exact) mass is 267 g/mol. The van der Waals surface area contributed by atoms with Gasteiger partial charge in [0.15, 0.2) is 5.78 Å². The quantitative estimate of drug-likeness (QED) is 0.568. The van der Waals surface area contributed by atoms with Gasteiger partial charge in [-0.1, -0.05) is 12.8 Å². The molecule has 1 saturated carbocycles. The van der Waals surface area contributed by atoms with E-state index in [2.05, 4.69) is 0 Å². The van der Waals surface area contributed by atoms with E-state index < -0.39 is 11.9 Å². The maximum Gasteiger partial charge on any atom is 0.316 e. The molecule has 2 aliphatic rings. The number of hydrogen-bond donors (Lipinski definition) is 0. The number of Topliss-reactive ketones (excluding diaryl/α,β-unsaturated/α-hetero) is 1. The molecule has 19 heavy (non-hydrogen) atoms. The summed E-state index contributed by atoms with van der Waals surface area (Å²) in [4.78, 5) is 37.4. The Kier molecular flexibility index (Phi) is 4.56. The fourth-order valence-corrected chi connectivity index (χ4v) is 2.93. The van der Waals surface area contributed by atoms with Gasteiger partial charge in [0, 0.05) is 12.5 Å². The molecule has 0 spiro atoms. The summed E-state index contributed by atoms with van der Waals surface area (Å²) in [6.07, 6.45) is 4.47. The number of piperidine rings is 1. The van der Waals surface area contributed by atoms with Crippen LogP contribution in [-0.2, 0) is 19.1 Å². The van der Waals surface area contributed by atoms with Crippen LogP contribution in [0.2, 0.25) is 0 Å². The third-order valence-corrected chi connectivity index (χ3v) is 4.01. The molecule has 1 aliphatic heterocycles. The van der Waals surface area contributed by atoms with E-state index in [9.17, 15) is 14.4 Å². The molecule has 1 unspecified atom stereocenters. The highest BCUT2D eigenvalue weighted by Gasteiger charge is 2.37. The van der Waals surface area contributed by atoms with Crippen LogP contribution >= 0.6 is 0 Å². The molecule has 1 atom stereocenters. The Hall–Kier alpha value is -1.39. The zero-order valence-electron chi connectivity index (χ0n) is 11.4. The van der Waals surface area contributed by atoms with Crippen molar-refractivity contribution < 1.29 is 19.1 Å². The van der Waals surface area contributed by atoms with Crippen molar-refractivity contribution in [3.63, 3.8) is 0 Å². The zero-order chi connectivity index (χ0) is 13.8. The lowest BCUT2D eigenvalue weighted by Gasteiger charge is -2.31. The fraction of sp³-hybridized carbons (Fsp3) is 0.786. The summed E-state index contributed by atoms with van der Waals surface area (Å²) in [5, 5.41) is 0. The minimum atomic E-state index is -0.674. The van der Waals surface area contributed by atoms with Crippen LogP contribution in [0.5, 0.6) is 0 Å². The molecule has 5 heteroatoms. The van der Waals surface area contributed by atoms with E-state index in [-0.39, 0.29) is 30.8 Å². The molecule has 0 aromatic heterocycles. The molecule has 1 amide bonds. The van der Waals surface area contributed by atoms with E-state index in [0.29, 0.717) is 13.0 Å². The molecule has 0 radical (unpaired) electrons. The Labute approximate surface area is 113 Å². The van der Waals surface area contributed by atoms with E-state index in [1.165, 1.54) is 0 Å². The van der Waals surface area contributed by atoms with E-state index in [0.717, 1.165) is 25.7 Å². The number of ether oxygens (including phenoxy) is 1. The number of ketones is 1. The Bertz CT molecular complexity index is 374. The lowest BCUT2D eigenvalue weighted by atomic mass is 9.94. The van der Waals surface area contributed by atoms with E-state index in [1.54, 1.807) is 11.8 Å². The van der Waals surface area contributed by atoms with Gasteiger partial charge in [-0.3, -0.25) is 14.4 Å². The maximum absolute atomic E-state index is 12.2. The first-order chi connectivity index (χ1) is 9.13. The number of hydrogen-bond acceptors (Lipinski definition) is 4. The molecule has 0 bridgehead atoms. The summed E-state index contributed by atoms with van der Waals surface area (Å²) in [5.74, 6) is -1.12. The summed E-state index contributed by atoms with van der Waals surface area (Å²) in [5.41, 5.74) is 0. The molecule has 0 N–H and O–H groups in total. The third-order valence-electron chi connectivity index (χ3n) is 4.01. The standard InChI is InChI=1S/C14H21NO4/c1-2-19-14(18)11-7-8-15(9-12(11)16)13(17)10-5-3-4-6-10/h10-11H,2-9H2,1H3. The molecule has 2 rings (SSSR count). The zero-order valence-corrected chi connectivity index (χ0v) is 11.4. The minimum absolute atomic E-state index is 0.0683. The lowest BCUT2D eigenvalue weighted by Crippen LogP contribution is -2.48. The summed E-state index contributed by atoms with van der Waals surface area (Å²) in [7, 11) is 0. The molecule has 0 aromatic carbocycles. The first kappa shape index (κ1) is 14.0. The van der Waals surface area contributed by atoms with Crippen LogP contribution in [0.1, 0.15) is 39.0 Å². The van der Waals surface area contributed by atoms with Crippen LogP contribution in [0.4, 0.5) is 0 Å². The van der Waals surface area contributed by atoms with Gasteiger partial charge < -0.3 is 9.64 Å². The predicted molar refractivity (Wildman–Crippen MR) is 68.3 cm³/mol. The van der Waals surface area contributed by atoms with Crippen molar-refractivity contribution >= 4 is 17.7 Å². The normalized spacial score (nSPS) is 24.6. The van der Waals surface area contributed by atoms with Gasteiger partial charge in [0.25, 0.3) is 0 Å². The lowest BCUT2D eigenvalue weighted by molar-refractivity contribution is -0.156. The third kappa shape index (κ3) is 3.14. The van der Waals surface area contributed by atoms with Gasteiger partial charge in [0.05, 0.1) is 13.2 Å². The number of esters is 1. The molecular formula is C14H21NO4. The highest BCUT2D eigenvalue weighted by atomic mass is 16.5. The first-order valence-electron chi connectivity index (χ1n) is 7.11. The van der Waals surface area contributed by atoms with Crippen LogP contribution < -0.4 is 0 Å². The topological polar surface area (TPSA) is 63.7 Å². The summed E-state index contributed by atoms with van der Waals surface area (Å²) in [6.45, 7) is 2.57. The number of likely N-dealkylation sites (tertiary alicyclic amines) is 1. The van der Waals surface area contributed by atoms with E-state index >= 15 is 0 Å². The molecule has 5 nitrogen and oxygen atoms in total. The maximum atomic E-state index is 12.2. The first-order valence-corrected chi connectivity index (χ1v) is 7.11. The average molecular weight is 267 g/mol. The summed E-state index contributed by atoms with van der Waals surface area (Å²) < 4.78 is 4.88. The number of rotatable bonds is 3. The van der Waals surface area contributed by atoms with Crippen molar-refractivity contribution in [2.24, 2.45) is 11.8 Å². The second-order valence-corrected chi connectivity index (χ2v) is 5.30. The highest BCUT2D eigenvalue weighted by molar-refractivity contribution is 6.02. The van der Waals surface area contributed by atoms with E-state index in [1.807, 2.05) is 0 Å². The van der Waals surface area contributed by atoms with Crippen LogP contribution in [0.25, 0.3) is 0 Å². The Morgan fingerprint density at radius 3 is 2.53 bits per heavy atom. The number of carbonyl (C=O) groups excluding carboxylic acids is 3. The fourth-order valence-electron chi connectivity index (χ4n) is 2.93. The van der Waals surface area contributed by atoms with Crippen LogP contribution in [0.15, 0.2) is 0 Å².